The topological polar surface area (TPSA) is 52.6 Å². The minimum atomic E-state index is -1.37. The molecule has 114 valence electrons. The smallest absolute Gasteiger partial charge is 0.323 e. The Bertz CT molecular complexity index is 410. The third kappa shape index (κ3) is 5.35. The highest BCUT2D eigenvalue weighted by Gasteiger charge is 2.44. The van der Waals surface area contributed by atoms with Gasteiger partial charge < -0.3 is 9.47 Å². The van der Waals surface area contributed by atoms with Gasteiger partial charge in [-0.1, -0.05) is 32.3 Å². The quantitative estimate of drug-likeness (QED) is 0.327. The lowest BCUT2D eigenvalue weighted by Crippen LogP contribution is -2.38. The van der Waals surface area contributed by atoms with Gasteiger partial charge in [0, 0.05) is 6.42 Å². The normalized spacial score (nSPS) is 11.3. The van der Waals surface area contributed by atoms with Gasteiger partial charge in [0.25, 0.3) is 0 Å². The summed E-state index contributed by atoms with van der Waals surface area (Å²) >= 11 is 0. The molecule has 0 aliphatic heterocycles. The molecule has 20 heavy (non-hydrogen) atoms. The van der Waals surface area contributed by atoms with Crippen LogP contribution in [0.2, 0.25) is 19.6 Å². The van der Waals surface area contributed by atoms with Crippen LogP contribution in [0.1, 0.15) is 26.7 Å². The van der Waals surface area contributed by atoms with Crippen molar-refractivity contribution >= 4 is 20.0 Å². The van der Waals surface area contributed by atoms with E-state index >= 15 is 0 Å². The molecule has 0 rings (SSSR count). The Labute approximate surface area is 122 Å². The molecule has 5 heteroatoms. The highest BCUT2D eigenvalue weighted by molar-refractivity contribution is 6.80. The summed E-state index contributed by atoms with van der Waals surface area (Å²) in [6.45, 7) is 10.1. The van der Waals surface area contributed by atoms with Crippen molar-refractivity contribution in [1.29, 1.82) is 0 Å². The Morgan fingerprint density at radius 2 is 1.60 bits per heavy atom. The van der Waals surface area contributed by atoms with Gasteiger partial charge in [-0.05, 0) is 18.9 Å². The van der Waals surface area contributed by atoms with Crippen molar-refractivity contribution in [2.45, 2.75) is 46.3 Å². The van der Waals surface area contributed by atoms with Crippen molar-refractivity contribution in [3.8, 4) is 0 Å². The number of hydrogen-bond acceptors (Lipinski definition) is 4. The van der Waals surface area contributed by atoms with Gasteiger partial charge in [-0.15, -0.1) is 5.73 Å². The van der Waals surface area contributed by atoms with Crippen LogP contribution < -0.4 is 0 Å². The van der Waals surface area contributed by atoms with Crippen molar-refractivity contribution < 1.29 is 19.1 Å². The van der Waals surface area contributed by atoms with Crippen molar-refractivity contribution in [2.24, 2.45) is 5.41 Å². The van der Waals surface area contributed by atoms with Crippen molar-refractivity contribution in [3.63, 3.8) is 0 Å². The fourth-order valence-electron chi connectivity index (χ4n) is 1.70. The van der Waals surface area contributed by atoms with E-state index in [2.05, 4.69) is 31.1 Å². The van der Waals surface area contributed by atoms with Gasteiger partial charge in [0.05, 0.1) is 22.3 Å². The molecule has 0 saturated carbocycles. The number of ether oxygens (including phenoxy) is 2. The van der Waals surface area contributed by atoms with Crippen molar-refractivity contribution in [2.75, 3.05) is 14.2 Å². The van der Waals surface area contributed by atoms with Crippen LogP contribution in [0, 0.1) is 5.41 Å². The van der Waals surface area contributed by atoms with Gasteiger partial charge in [-0.25, -0.2) is 0 Å². The molecule has 0 aromatic rings. The largest absolute Gasteiger partial charge is 0.468 e. The van der Waals surface area contributed by atoms with Gasteiger partial charge in [0.15, 0.2) is 5.41 Å². The first-order valence-electron chi connectivity index (χ1n) is 6.73. The minimum Gasteiger partial charge on any atom is -0.468 e. The summed E-state index contributed by atoms with van der Waals surface area (Å²) in [7, 11) is 1.18. The first kappa shape index (κ1) is 18.7. The highest BCUT2D eigenvalue weighted by atomic mass is 28.3. The summed E-state index contributed by atoms with van der Waals surface area (Å²) in [6, 6.07) is 0. The van der Waals surface area contributed by atoms with Gasteiger partial charge in [0.1, 0.15) is 0 Å². The predicted octanol–water partition coefficient (Wildman–Crippen LogP) is 3.10. The van der Waals surface area contributed by atoms with Gasteiger partial charge in [0.2, 0.25) is 0 Å². The highest BCUT2D eigenvalue weighted by Crippen LogP contribution is 2.30. The number of hydrogen-bond donors (Lipinski definition) is 0. The molecule has 0 aromatic heterocycles. The molecular formula is C15H26O4Si. The van der Waals surface area contributed by atoms with E-state index in [4.69, 9.17) is 9.47 Å². The summed E-state index contributed by atoms with van der Waals surface area (Å²) in [5, 5.41) is 0. The Hall–Kier alpha value is -1.32. The van der Waals surface area contributed by atoms with Gasteiger partial charge in [-0.2, -0.15) is 0 Å². The zero-order chi connectivity index (χ0) is 16.0. The average molecular weight is 298 g/mol. The summed E-state index contributed by atoms with van der Waals surface area (Å²) in [6.07, 6.45) is 0.994. The van der Waals surface area contributed by atoms with Crippen molar-refractivity contribution in [3.05, 3.63) is 17.0 Å². The van der Waals surface area contributed by atoms with Crippen LogP contribution in [0.25, 0.3) is 0 Å². The molecule has 0 spiro atoms. The molecule has 0 heterocycles. The Morgan fingerprint density at radius 3 is 1.90 bits per heavy atom. The lowest BCUT2D eigenvalue weighted by Gasteiger charge is -2.24. The van der Waals surface area contributed by atoms with Gasteiger partial charge >= 0.3 is 11.9 Å². The second-order valence-electron chi connectivity index (χ2n) is 6.10. The minimum absolute atomic E-state index is 0.268. The second kappa shape index (κ2) is 7.46. The third-order valence-corrected chi connectivity index (χ3v) is 3.99. The summed E-state index contributed by atoms with van der Waals surface area (Å²) in [4.78, 5) is 23.8. The number of rotatable bonds is 6. The zero-order valence-corrected chi connectivity index (χ0v) is 14.6. The molecule has 0 aliphatic rings. The number of esters is 2. The van der Waals surface area contributed by atoms with Crippen LogP contribution in [0.5, 0.6) is 0 Å². The van der Waals surface area contributed by atoms with Crippen LogP contribution in [-0.4, -0.2) is 34.2 Å². The maximum absolute atomic E-state index is 11.9. The van der Waals surface area contributed by atoms with E-state index in [0.717, 1.165) is 12.0 Å². The summed E-state index contributed by atoms with van der Waals surface area (Å²) < 4.78 is 9.49. The fourth-order valence-corrected chi connectivity index (χ4v) is 2.34. The number of allylic oxidation sites excluding steroid dienone is 1. The first-order valence-corrected chi connectivity index (χ1v) is 10.3. The SMILES string of the molecule is CCC(=C=C[Si](C)(C)C)CC(C)(C(=O)OC)C(=O)OC. The molecule has 0 aromatic carbocycles. The third-order valence-electron chi connectivity index (χ3n) is 2.97. The van der Waals surface area contributed by atoms with Crippen LogP contribution in [0.3, 0.4) is 0 Å². The maximum Gasteiger partial charge on any atom is 0.323 e. The molecule has 0 N–H and O–H groups in total. The molecule has 0 radical (unpaired) electrons. The monoisotopic (exact) mass is 298 g/mol. The molecular weight excluding hydrogens is 272 g/mol. The standard InChI is InChI=1S/C15H26O4Si/c1-8-12(9-10-20(5,6)7)11-15(2,13(16)18-3)14(17)19-4/h10H,8,11H2,1-7H3. The predicted molar refractivity (Wildman–Crippen MR) is 82.0 cm³/mol. The molecule has 0 amide bonds. The van der Waals surface area contributed by atoms with E-state index in [1.807, 2.05) is 6.92 Å². The molecule has 4 nitrogen and oxygen atoms in total. The fraction of sp³-hybridized carbons (Fsp3) is 0.667. The van der Waals surface area contributed by atoms with Crippen LogP contribution in [-0.2, 0) is 19.1 Å². The van der Waals surface area contributed by atoms with Crippen LogP contribution in [0.15, 0.2) is 17.0 Å². The Balaban J connectivity index is 5.50. The molecule has 0 atom stereocenters. The van der Waals surface area contributed by atoms with E-state index in [1.54, 1.807) is 6.92 Å². The second-order valence-corrected chi connectivity index (χ2v) is 11.1. The van der Waals surface area contributed by atoms with E-state index < -0.39 is 25.4 Å². The Kier molecular flexibility index (Phi) is 6.96. The van der Waals surface area contributed by atoms with E-state index in [-0.39, 0.29) is 6.42 Å². The van der Waals surface area contributed by atoms with Crippen molar-refractivity contribution in [1.82, 2.24) is 0 Å². The lowest BCUT2D eigenvalue weighted by molar-refractivity contribution is -0.167. The number of carbonyl (C=O) groups is 2. The summed E-state index contributed by atoms with van der Waals surface area (Å²) in [5.74, 6) is -1.16. The van der Waals surface area contributed by atoms with E-state index in [9.17, 15) is 9.59 Å². The number of carbonyl (C=O) groups excluding carboxylic acids is 2. The number of methoxy groups -OCH3 is 2. The molecule has 0 fully saturated rings. The summed E-state index contributed by atoms with van der Waals surface area (Å²) in [5.41, 5.74) is 4.96. The molecule has 0 bridgehead atoms. The maximum atomic E-state index is 11.9. The van der Waals surface area contributed by atoms with E-state index in [0.29, 0.717) is 0 Å². The molecule has 0 saturated heterocycles. The van der Waals surface area contributed by atoms with Crippen LogP contribution >= 0.6 is 0 Å². The lowest BCUT2D eigenvalue weighted by atomic mass is 9.83. The zero-order valence-electron chi connectivity index (χ0n) is 13.6. The average Bonchev–Trinajstić information content (AvgIpc) is 2.39. The van der Waals surface area contributed by atoms with Crippen LogP contribution in [0.4, 0.5) is 0 Å². The Morgan fingerprint density at radius 1 is 1.15 bits per heavy atom. The molecule has 0 aliphatic carbocycles. The van der Waals surface area contributed by atoms with E-state index in [1.165, 1.54) is 14.2 Å². The first-order chi connectivity index (χ1) is 9.10. The van der Waals surface area contributed by atoms with Gasteiger partial charge in [-0.3, -0.25) is 9.59 Å². The molecule has 0 unspecified atom stereocenters.